The first-order chi connectivity index (χ1) is 13.8. The van der Waals surface area contributed by atoms with E-state index >= 15 is 0 Å². The van der Waals surface area contributed by atoms with Crippen LogP contribution in [-0.4, -0.2) is 60.5 Å². The van der Waals surface area contributed by atoms with Crippen LogP contribution in [0.25, 0.3) is 0 Å². The van der Waals surface area contributed by atoms with Crippen LogP contribution in [0.1, 0.15) is 25.3 Å². The molecule has 2 amide bonds. The molecule has 0 aromatic heterocycles. The third-order valence-electron chi connectivity index (χ3n) is 4.22. The highest BCUT2D eigenvalue weighted by molar-refractivity contribution is 6.00. The number of rotatable bonds is 13. The van der Waals surface area contributed by atoms with Crippen molar-refractivity contribution >= 4 is 17.5 Å². The number of aliphatic hydroxyl groups is 1. The molecule has 0 radical (unpaired) electrons. The van der Waals surface area contributed by atoms with Crippen LogP contribution in [0.4, 0.5) is 5.69 Å². The van der Waals surface area contributed by atoms with E-state index in [-0.39, 0.29) is 44.2 Å². The van der Waals surface area contributed by atoms with Gasteiger partial charge in [-0.2, -0.15) is 0 Å². The number of benzene rings is 1. The number of anilines is 1. The standard InChI is InChI=1S/C18H26N4O7/c1-12(29-22(26)27)5-6-17(24)20-8-7-19-10-13(23)11-28-16-4-2-3-15-14(16)9-18(25)21-15/h2-4,12-13,19,23H,5-11H2,1H3,(H,20,24)(H,21,25). The minimum Gasteiger partial charge on any atom is -0.490 e. The van der Waals surface area contributed by atoms with Gasteiger partial charge >= 0.3 is 0 Å². The zero-order chi connectivity index (χ0) is 21.2. The molecule has 1 aromatic carbocycles. The fourth-order valence-corrected chi connectivity index (χ4v) is 2.78. The van der Waals surface area contributed by atoms with E-state index in [2.05, 4.69) is 20.8 Å². The van der Waals surface area contributed by atoms with E-state index in [1.165, 1.54) is 6.92 Å². The summed E-state index contributed by atoms with van der Waals surface area (Å²) in [6.07, 6.45) is -0.753. The van der Waals surface area contributed by atoms with Gasteiger partial charge in [-0.1, -0.05) is 6.07 Å². The summed E-state index contributed by atoms with van der Waals surface area (Å²) in [6, 6.07) is 5.33. The molecule has 11 heteroatoms. The van der Waals surface area contributed by atoms with Crippen molar-refractivity contribution in [2.75, 3.05) is 31.6 Å². The van der Waals surface area contributed by atoms with Gasteiger partial charge in [-0.05, 0) is 25.5 Å². The Morgan fingerprint density at radius 2 is 2.21 bits per heavy atom. The lowest BCUT2D eigenvalue weighted by Gasteiger charge is -2.15. The Hall–Kier alpha value is -2.92. The second-order valence-electron chi connectivity index (χ2n) is 6.70. The monoisotopic (exact) mass is 410 g/mol. The molecule has 0 bridgehead atoms. The third kappa shape index (κ3) is 7.92. The van der Waals surface area contributed by atoms with Crippen LogP contribution in [-0.2, 0) is 20.8 Å². The highest BCUT2D eigenvalue weighted by atomic mass is 17.0. The average molecular weight is 410 g/mol. The van der Waals surface area contributed by atoms with Gasteiger partial charge in [0, 0.05) is 37.3 Å². The zero-order valence-corrected chi connectivity index (χ0v) is 16.2. The first kappa shape index (κ1) is 22.4. The van der Waals surface area contributed by atoms with Crippen molar-refractivity contribution in [3.05, 3.63) is 33.9 Å². The van der Waals surface area contributed by atoms with Crippen molar-refractivity contribution < 1.29 is 29.4 Å². The number of nitrogens with zero attached hydrogens (tertiary/aromatic N) is 1. The van der Waals surface area contributed by atoms with E-state index in [9.17, 15) is 24.8 Å². The summed E-state index contributed by atoms with van der Waals surface area (Å²) in [5.41, 5.74) is 1.52. The van der Waals surface area contributed by atoms with Gasteiger partial charge < -0.3 is 30.6 Å². The number of hydrogen-bond acceptors (Lipinski definition) is 8. The molecule has 1 aromatic rings. The van der Waals surface area contributed by atoms with E-state index in [1.807, 2.05) is 0 Å². The summed E-state index contributed by atoms with van der Waals surface area (Å²) in [4.78, 5) is 37.6. The maximum atomic E-state index is 11.6. The van der Waals surface area contributed by atoms with Gasteiger partial charge in [0.15, 0.2) is 0 Å². The predicted octanol–water partition coefficient (Wildman–Crippen LogP) is 0.00370. The highest BCUT2D eigenvalue weighted by Crippen LogP contribution is 2.31. The Morgan fingerprint density at radius 3 is 2.97 bits per heavy atom. The molecule has 1 aliphatic rings. The Kier molecular flexibility index (Phi) is 8.62. The minimum atomic E-state index is -0.872. The Morgan fingerprint density at radius 1 is 1.41 bits per heavy atom. The SMILES string of the molecule is CC(CCC(=O)NCCNCC(O)COc1cccc2c1CC(=O)N2)O[N+](=O)[O-]. The number of aliphatic hydroxyl groups excluding tert-OH is 1. The maximum absolute atomic E-state index is 11.6. The quantitative estimate of drug-likeness (QED) is 0.201. The zero-order valence-electron chi connectivity index (χ0n) is 16.2. The highest BCUT2D eigenvalue weighted by Gasteiger charge is 2.21. The predicted molar refractivity (Wildman–Crippen MR) is 103 cm³/mol. The molecule has 0 aliphatic carbocycles. The topological polar surface area (TPSA) is 152 Å². The van der Waals surface area contributed by atoms with Crippen molar-refractivity contribution in [1.29, 1.82) is 0 Å². The largest absolute Gasteiger partial charge is 0.490 e. The average Bonchev–Trinajstić information content (AvgIpc) is 3.04. The second-order valence-corrected chi connectivity index (χ2v) is 6.70. The summed E-state index contributed by atoms with van der Waals surface area (Å²) < 4.78 is 5.62. The molecule has 0 saturated heterocycles. The van der Waals surface area contributed by atoms with E-state index in [0.29, 0.717) is 18.8 Å². The van der Waals surface area contributed by atoms with Crippen LogP contribution in [0.3, 0.4) is 0 Å². The van der Waals surface area contributed by atoms with Crippen LogP contribution in [0.15, 0.2) is 18.2 Å². The lowest BCUT2D eigenvalue weighted by Crippen LogP contribution is -2.37. The van der Waals surface area contributed by atoms with Gasteiger partial charge in [0.05, 0.1) is 6.42 Å². The molecular weight excluding hydrogens is 384 g/mol. The number of carbonyl (C=O) groups is 2. The molecule has 2 rings (SSSR count). The Bertz CT molecular complexity index is 728. The van der Waals surface area contributed by atoms with Crippen molar-refractivity contribution in [3.8, 4) is 5.75 Å². The van der Waals surface area contributed by atoms with Crippen LogP contribution in [0.2, 0.25) is 0 Å². The number of amides is 2. The number of carbonyl (C=O) groups excluding carboxylic acids is 2. The molecule has 11 nitrogen and oxygen atoms in total. The van der Waals surface area contributed by atoms with Gasteiger partial charge in [-0.25, -0.2) is 0 Å². The summed E-state index contributed by atoms with van der Waals surface area (Å²) in [5, 5.41) is 27.7. The summed E-state index contributed by atoms with van der Waals surface area (Å²) in [7, 11) is 0. The van der Waals surface area contributed by atoms with Crippen LogP contribution >= 0.6 is 0 Å². The number of nitrogens with one attached hydrogen (secondary N) is 3. The molecule has 1 heterocycles. The van der Waals surface area contributed by atoms with Gasteiger partial charge in [-0.3, -0.25) is 9.59 Å². The van der Waals surface area contributed by atoms with Crippen LogP contribution in [0.5, 0.6) is 5.75 Å². The minimum absolute atomic E-state index is 0.0678. The smallest absolute Gasteiger partial charge is 0.294 e. The number of fused-ring (bicyclic) bond motifs is 1. The van der Waals surface area contributed by atoms with Crippen molar-refractivity contribution in [1.82, 2.24) is 10.6 Å². The van der Waals surface area contributed by atoms with Crippen molar-refractivity contribution in [2.24, 2.45) is 0 Å². The molecule has 29 heavy (non-hydrogen) atoms. The first-order valence-corrected chi connectivity index (χ1v) is 9.36. The molecule has 2 unspecified atom stereocenters. The molecule has 160 valence electrons. The third-order valence-corrected chi connectivity index (χ3v) is 4.22. The van der Waals surface area contributed by atoms with Gasteiger partial charge in [0.25, 0.3) is 5.09 Å². The van der Waals surface area contributed by atoms with Crippen LogP contribution in [0, 0.1) is 10.1 Å². The Balaban J connectivity index is 1.55. The lowest BCUT2D eigenvalue weighted by atomic mass is 10.1. The molecule has 2 atom stereocenters. The summed E-state index contributed by atoms with van der Waals surface area (Å²) >= 11 is 0. The van der Waals surface area contributed by atoms with Crippen molar-refractivity contribution in [3.63, 3.8) is 0 Å². The first-order valence-electron chi connectivity index (χ1n) is 9.36. The van der Waals surface area contributed by atoms with Gasteiger partial charge in [0.2, 0.25) is 11.8 Å². The molecule has 4 N–H and O–H groups in total. The van der Waals surface area contributed by atoms with Gasteiger partial charge in [0.1, 0.15) is 24.6 Å². The summed E-state index contributed by atoms with van der Waals surface area (Å²) in [5.74, 6) is 0.262. The molecule has 1 aliphatic heterocycles. The normalized spacial score (nSPS) is 14.5. The van der Waals surface area contributed by atoms with E-state index in [0.717, 1.165) is 11.3 Å². The Labute approximate surface area is 167 Å². The molecule has 0 fully saturated rings. The summed E-state index contributed by atoms with van der Waals surface area (Å²) in [6.45, 7) is 2.67. The van der Waals surface area contributed by atoms with Crippen LogP contribution < -0.4 is 20.7 Å². The maximum Gasteiger partial charge on any atom is 0.294 e. The molecule has 0 saturated carbocycles. The fourth-order valence-electron chi connectivity index (χ4n) is 2.78. The van der Waals surface area contributed by atoms with Crippen molar-refractivity contribution in [2.45, 2.75) is 38.4 Å². The van der Waals surface area contributed by atoms with E-state index in [4.69, 9.17) is 4.74 Å². The number of hydrogen-bond donors (Lipinski definition) is 4. The lowest BCUT2D eigenvalue weighted by molar-refractivity contribution is -0.767. The molecule has 0 spiro atoms. The second kappa shape index (κ2) is 11.2. The van der Waals surface area contributed by atoms with Gasteiger partial charge in [-0.15, -0.1) is 10.1 Å². The van der Waals surface area contributed by atoms with E-state index < -0.39 is 17.3 Å². The molecular formula is C18H26N4O7. The fraction of sp³-hybridized carbons (Fsp3) is 0.556. The number of ether oxygens (including phenoxy) is 1. The van der Waals surface area contributed by atoms with E-state index in [1.54, 1.807) is 18.2 Å².